The Labute approximate surface area is 290 Å². The maximum atomic E-state index is 13.8. The molecule has 268 valence electrons. The summed E-state index contributed by atoms with van der Waals surface area (Å²) in [6.07, 6.45) is 7.14. The van der Waals surface area contributed by atoms with Gasteiger partial charge < -0.3 is 23.8 Å². The van der Waals surface area contributed by atoms with Crippen molar-refractivity contribution in [3.8, 4) is 5.75 Å². The van der Waals surface area contributed by atoms with Gasteiger partial charge in [-0.05, 0) is 70.6 Å². The van der Waals surface area contributed by atoms with Crippen LogP contribution in [-0.4, -0.2) is 79.4 Å². The third kappa shape index (κ3) is 12.1. The molecule has 2 aromatic rings. The molecule has 0 saturated carbocycles. The molecule has 2 aliphatic rings. The molecule has 11 nitrogen and oxygen atoms in total. The Morgan fingerprint density at radius 1 is 0.939 bits per heavy atom. The number of carbonyl (C=O) groups excluding carboxylic acids is 4. The lowest BCUT2D eigenvalue weighted by atomic mass is 9.91. The summed E-state index contributed by atoms with van der Waals surface area (Å²) in [5.74, 6) is -0.262. The van der Waals surface area contributed by atoms with Gasteiger partial charge in [-0.25, -0.2) is 4.79 Å². The number of nitrogens with one attached hydrogen (secondary N) is 1. The molecule has 2 amide bonds. The van der Waals surface area contributed by atoms with Crippen LogP contribution in [0.5, 0.6) is 5.75 Å². The minimum Gasteiger partial charge on any atom is -0.489 e. The van der Waals surface area contributed by atoms with Crippen LogP contribution in [0, 0.1) is 5.92 Å². The predicted molar refractivity (Wildman–Crippen MR) is 186 cm³/mol. The third-order valence-corrected chi connectivity index (χ3v) is 8.74. The fourth-order valence-corrected chi connectivity index (χ4v) is 6.24. The second kappa shape index (κ2) is 18.6. The number of para-hydroxylation sites is 2. The van der Waals surface area contributed by atoms with Crippen LogP contribution in [-0.2, 0) is 35.2 Å². The fourth-order valence-electron chi connectivity index (χ4n) is 6.24. The first kappa shape index (κ1) is 37.7. The first-order chi connectivity index (χ1) is 23.5. The number of fused-ring (bicyclic) bond motifs is 1. The number of hydrogen-bond donors (Lipinski definition) is 1. The third-order valence-electron chi connectivity index (χ3n) is 8.74. The number of esters is 2. The Morgan fingerprint density at radius 3 is 2.35 bits per heavy atom. The van der Waals surface area contributed by atoms with E-state index >= 15 is 0 Å². The van der Waals surface area contributed by atoms with Crippen molar-refractivity contribution >= 4 is 29.6 Å². The molecule has 2 heterocycles. The number of benzene rings is 2. The molecule has 1 fully saturated rings. The molecule has 1 saturated heterocycles. The number of piperidine rings is 1. The molecule has 0 spiro atoms. The number of unbranched alkanes of at least 4 members (excludes halogenated alkanes) is 3. The Kier molecular flexibility index (Phi) is 14.3. The van der Waals surface area contributed by atoms with Gasteiger partial charge in [-0.1, -0.05) is 74.6 Å². The monoisotopic (exact) mass is 679 g/mol. The summed E-state index contributed by atoms with van der Waals surface area (Å²) in [7, 11) is 0. The van der Waals surface area contributed by atoms with Crippen molar-refractivity contribution in [1.29, 1.82) is 0 Å². The number of likely N-dealkylation sites (tertiary alicyclic amines) is 1. The van der Waals surface area contributed by atoms with Gasteiger partial charge in [0.2, 0.25) is 5.91 Å². The largest absolute Gasteiger partial charge is 0.489 e. The van der Waals surface area contributed by atoms with Crippen molar-refractivity contribution in [2.24, 2.45) is 5.92 Å². The van der Waals surface area contributed by atoms with Gasteiger partial charge in [-0.2, -0.15) is 0 Å². The molecule has 2 aliphatic heterocycles. The second-order valence-corrected chi connectivity index (χ2v) is 13.8. The van der Waals surface area contributed by atoms with Gasteiger partial charge in [0.05, 0.1) is 12.3 Å². The molecule has 0 aliphatic carbocycles. The van der Waals surface area contributed by atoms with Gasteiger partial charge in [-0.15, -0.1) is 0 Å². The van der Waals surface area contributed by atoms with Crippen molar-refractivity contribution < 1.29 is 38.1 Å². The lowest BCUT2D eigenvalue weighted by Gasteiger charge is -2.31. The number of hydrogen-bond acceptors (Lipinski definition) is 9. The van der Waals surface area contributed by atoms with Crippen LogP contribution in [0.3, 0.4) is 0 Å². The Bertz CT molecular complexity index is 1370. The van der Waals surface area contributed by atoms with Crippen LogP contribution in [0.25, 0.3) is 0 Å². The summed E-state index contributed by atoms with van der Waals surface area (Å²) >= 11 is 0. The van der Waals surface area contributed by atoms with E-state index in [4.69, 9.17) is 18.9 Å². The highest BCUT2D eigenvalue weighted by Crippen LogP contribution is 2.31. The topological polar surface area (TPSA) is 124 Å². The van der Waals surface area contributed by atoms with E-state index in [0.29, 0.717) is 23.8 Å². The molecular weight excluding hydrogens is 626 g/mol. The lowest BCUT2D eigenvalue weighted by molar-refractivity contribution is -0.154. The van der Waals surface area contributed by atoms with E-state index in [1.807, 2.05) is 35.2 Å². The van der Waals surface area contributed by atoms with E-state index < -0.39 is 29.6 Å². The molecule has 1 unspecified atom stereocenters. The van der Waals surface area contributed by atoms with Gasteiger partial charge in [0, 0.05) is 13.1 Å². The standard InChI is InChI=1S/C38H53N3O8/c1-5-46-36(44)30(39-31-27-47-33-20-14-13-19-32(33)41(35(31)43)25-34(42)49-38(2,3)4)18-12-7-6-9-15-28-21-23-40(24-22-28)37(45)48-26-29-16-10-8-11-17-29/h8,10-11,13-14,16-17,19-20,28,30-31,39H,5-7,9,12,15,18,21-27H2,1-4H3/t30-,31?/m0/s1. The van der Waals surface area contributed by atoms with E-state index in [1.165, 1.54) is 4.90 Å². The molecule has 0 radical (unpaired) electrons. The Morgan fingerprint density at radius 2 is 1.63 bits per heavy atom. The molecule has 1 N–H and O–H groups in total. The van der Waals surface area contributed by atoms with Crippen LogP contribution in [0.4, 0.5) is 10.5 Å². The summed E-state index contributed by atoms with van der Waals surface area (Å²) in [5, 5.41) is 3.21. The van der Waals surface area contributed by atoms with Crippen LogP contribution < -0.4 is 15.0 Å². The molecular formula is C38H53N3O8. The summed E-state index contributed by atoms with van der Waals surface area (Å²) in [6.45, 7) is 8.75. The zero-order valence-corrected chi connectivity index (χ0v) is 29.5. The maximum Gasteiger partial charge on any atom is 0.410 e. The molecule has 2 aromatic carbocycles. The average Bonchev–Trinajstić information content (AvgIpc) is 3.20. The van der Waals surface area contributed by atoms with Gasteiger partial charge in [0.1, 0.15) is 43.2 Å². The number of anilines is 1. The fraction of sp³-hybridized carbons (Fsp3) is 0.579. The van der Waals surface area contributed by atoms with Gasteiger partial charge in [-0.3, -0.25) is 24.6 Å². The van der Waals surface area contributed by atoms with Crippen LogP contribution >= 0.6 is 0 Å². The van der Waals surface area contributed by atoms with Gasteiger partial charge >= 0.3 is 18.0 Å². The number of ether oxygens (including phenoxy) is 4. The van der Waals surface area contributed by atoms with Crippen molar-refractivity contribution in [3.63, 3.8) is 0 Å². The van der Waals surface area contributed by atoms with E-state index in [1.54, 1.807) is 52.0 Å². The van der Waals surface area contributed by atoms with Crippen molar-refractivity contribution in [1.82, 2.24) is 10.2 Å². The molecule has 49 heavy (non-hydrogen) atoms. The van der Waals surface area contributed by atoms with Crippen LogP contribution in [0.15, 0.2) is 54.6 Å². The summed E-state index contributed by atoms with van der Waals surface area (Å²) in [6, 6.07) is 15.2. The van der Waals surface area contributed by atoms with E-state index in [9.17, 15) is 19.2 Å². The highest BCUT2D eigenvalue weighted by atomic mass is 16.6. The van der Waals surface area contributed by atoms with Crippen molar-refractivity contribution in [3.05, 3.63) is 60.2 Å². The predicted octanol–water partition coefficient (Wildman–Crippen LogP) is 6.03. The minimum atomic E-state index is -0.870. The average molecular weight is 680 g/mol. The van der Waals surface area contributed by atoms with Crippen LogP contribution in [0.1, 0.15) is 84.6 Å². The van der Waals surface area contributed by atoms with E-state index in [0.717, 1.165) is 63.6 Å². The van der Waals surface area contributed by atoms with Crippen molar-refractivity contribution in [2.45, 2.75) is 103 Å². The molecule has 0 aromatic heterocycles. The Balaban J connectivity index is 1.22. The highest BCUT2D eigenvalue weighted by molar-refractivity contribution is 6.02. The smallest absolute Gasteiger partial charge is 0.410 e. The molecule has 11 heteroatoms. The SMILES string of the molecule is CCOC(=O)[C@H](CCCCCCC1CCN(C(=O)OCc2ccccc2)CC1)NC1COc2ccccc2N(CC(=O)OC(C)(C)C)C1=O. The zero-order valence-electron chi connectivity index (χ0n) is 29.5. The number of amides is 2. The van der Waals surface area contributed by atoms with Gasteiger partial charge in [0.25, 0.3) is 0 Å². The number of carbonyl (C=O) groups is 4. The van der Waals surface area contributed by atoms with E-state index in [-0.39, 0.29) is 38.4 Å². The lowest BCUT2D eigenvalue weighted by Crippen LogP contribution is -2.55. The van der Waals surface area contributed by atoms with Gasteiger partial charge in [0.15, 0.2) is 0 Å². The number of rotatable bonds is 15. The maximum absolute atomic E-state index is 13.8. The minimum absolute atomic E-state index is 0.000135. The molecule has 4 rings (SSSR count). The molecule has 2 atom stereocenters. The summed E-state index contributed by atoms with van der Waals surface area (Å²) < 4.78 is 22.4. The Hall–Kier alpha value is -4.12. The second-order valence-electron chi connectivity index (χ2n) is 13.8. The summed E-state index contributed by atoms with van der Waals surface area (Å²) in [4.78, 5) is 55.3. The highest BCUT2D eigenvalue weighted by Gasteiger charge is 2.36. The quantitative estimate of drug-likeness (QED) is 0.137. The normalized spacial score (nSPS) is 17.4. The van der Waals surface area contributed by atoms with E-state index in [2.05, 4.69) is 5.32 Å². The van der Waals surface area contributed by atoms with Crippen LogP contribution in [0.2, 0.25) is 0 Å². The van der Waals surface area contributed by atoms with Crippen molar-refractivity contribution in [2.75, 3.05) is 37.7 Å². The first-order valence-corrected chi connectivity index (χ1v) is 17.7. The summed E-state index contributed by atoms with van der Waals surface area (Å²) in [5.41, 5.74) is 0.754. The molecule has 0 bridgehead atoms. The zero-order chi connectivity index (χ0) is 35.2. The number of nitrogens with zero attached hydrogens (tertiary/aromatic N) is 2. The first-order valence-electron chi connectivity index (χ1n) is 17.7.